The highest BCUT2D eigenvalue weighted by molar-refractivity contribution is 7.99. The Hall–Kier alpha value is -2.47. The molecule has 0 spiro atoms. The molecule has 2 rings (SSSR count). The number of amides is 2. The van der Waals surface area contributed by atoms with Crippen LogP contribution >= 0.6 is 11.8 Å². The molecule has 5 nitrogen and oxygen atoms in total. The molecule has 0 heterocycles. The van der Waals surface area contributed by atoms with Gasteiger partial charge in [0.2, 0.25) is 11.8 Å². The number of phenolic OH excluding ortho intramolecular Hbond substituents is 1. The van der Waals surface area contributed by atoms with E-state index in [2.05, 4.69) is 6.92 Å². The van der Waals surface area contributed by atoms with Gasteiger partial charge in [-0.25, -0.2) is 0 Å². The molecule has 3 N–H and O–H groups in total. The number of nitrogens with zero attached hydrogens (tertiary/aromatic N) is 1. The summed E-state index contributed by atoms with van der Waals surface area (Å²) in [6.07, 6.45) is 20.6. The summed E-state index contributed by atoms with van der Waals surface area (Å²) in [6, 6.07) is 14.9. The van der Waals surface area contributed by atoms with Crippen LogP contribution in [0, 0.1) is 0 Å². The molecule has 0 fully saturated rings. The van der Waals surface area contributed by atoms with Gasteiger partial charge < -0.3 is 15.7 Å². The lowest BCUT2D eigenvalue weighted by molar-refractivity contribution is -0.126. The number of benzene rings is 2. The summed E-state index contributed by atoms with van der Waals surface area (Å²) < 4.78 is 0. The van der Waals surface area contributed by atoms with Gasteiger partial charge in [0.05, 0.1) is 0 Å². The molecule has 0 atom stereocenters. The first kappa shape index (κ1) is 32.7. The van der Waals surface area contributed by atoms with Gasteiger partial charge in [0.25, 0.3) is 0 Å². The molecule has 0 aliphatic rings. The number of aromatic hydroxyl groups is 1. The third kappa shape index (κ3) is 15.0. The summed E-state index contributed by atoms with van der Waals surface area (Å²) in [5, 5.41) is 9.47. The second kappa shape index (κ2) is 20.4. The molecule has 0 bridgehead atoms. The normalized spacial score (nSPS) is 11.0. The molecule has 216 valence electrons. The molecule has 0 aromatic heterocycles. The first-order chi connectivity index (χ1) is 19.0. The molecule has 0 radical (unpaired) electrons. The summed E-state index contributed by atoms with van der Waals surface area (Å²) in [4.78, 5) is 27.9. The lowest BCUT2D eigenvalue weighted by Gasteiger charge is -2.23. The minimum Gasteiger partial charge on any atom is -0.508 e. The predicted octanol–water partition coefficient (Wildman–Crippen LogP) is 9.01. The van der Waals surface area contributed by atoms with Gasteiger partial charge in [-0.2, -0.15) is 0 Å². The number of nitrogens with two attached hydrogens (primary N) is 1. The maximum atomic E-state index is 12.7. The van der Waals surface area contributed by atoms with Gasteiger partial charge >= 0.3 is 0 Å². The number of carbonyl (C=O) groups excluding carboxylic acids is 2. The average Bonchev–Trinajstić information content (AvgIpc) is 2.92. The predicted molar refractivity (Wildman–Crippen MR) is 164 cm³/mol. The fourth-order valence-electron chi connectivity index (χ4n) is 4.80. The molecule has 0 aliphatic carbocycles. The molecule has 2 aromatic rings. The summed E-state index contributed by atoms with van der Waals surface area (Å²) in [5.41, 5.74) is 6.10. The lowest BCUT2D eigenvalue weighted by atomic mass is 10.0. The van der Waals surface area contributed by atoms with E-state index >= 15 is 0 Å². The first-order valence-electron chi connectivity index (χ1n) is 15.1. The molecular weight excluding hydrogens is 504 g/mol. The molecule has 2 aromatic carbocycles. The molecule has 2 amide bonds. The van der Waals surface area contributed by atoms with Crippen LogP contribution in [0.15, 0.2) is 58.3 Å². The molecule has 0 saturated heterocycles. The van der Waals surface area contributed by atoms with Crippen molar-refractivity contribution in [2.75, 3.05) is 11.4 Å². The SMILES string of the molecule is CCCCCCCCCCCCCCCCCCN(C(=O)CC(N)=O)c1ccc(Sc2ccc(O)cc2)cc1. The van der Waals surface area contributed by atoms with Gasteiger partial charge in [-0.3, -0.25) is 9.59 Å². The van der Waals surface area contributed by atoms with Crippen LogP contribution in [0.4, 0.5) is 5.69 Å². The van der Waals surface area contributed by atoms with Crippen LogP contribution in [-0.2, 0) is 9.59 Å². The summed E-state index contributed by atoms with van der Waals surface area (Å²) in [7, 11) is 0. The number of hydrogen-bond acceptors (Lipinski definition) is 4. The fraction of sp³-hybridized carbons (Fsp3) is 0.576. The summed E-state index contributed by atoms with van der Waals surface area (Å²) in [6.45, 7) is 2.86. The van der Waals surface area contributed by atoms with Crippen molar-refractivity contribution in [3.05, 3.63) is 48.5 Å². The number of carbonyl (C=O) groups is 2. The van der Waals surface area contributed by atoms with E-state index in [9.17, 15) is 14.7 Å². The number of phenols is 1. The number of rotatable bonds is 22. The van der Waals surface area contributed by atoms with E-state index in [1.165, 1.54) is 89.9 Å². The van der Waals surface area contributed by atoms with E-state index in [-0.39, 0.29) is 18.1 Å². The number of anilines is 1. The van der Waals surface area contributed by atoms with E-state index in [1.54, 1.807) is 28.8 Å². The van der Waals surface area contributed by atoms with Crippen LogP contribution in [0.1, 0.15) is 116 Å². The van der Waals surface area contributed by atoms with Crippen molar-refractivity contribution in [2.45, 2.75) is 126 Å². The van der Waals surface area contributed by atoms with Gasteiger partial charge in [-0.1, -0.05) is 115 Å². The van der Waals surface area contributed by atoms with Gasteiger partial charge in [0.1, 0.15) is 12.2 Å². The highest BCUT2D eigenvalue weighted by atomic mass is 32.2. The standard InChI is InChI=1S/C33H50N2O3S/c1-2-3-4-5-6-7-8-9-10-11-12-13-14-15-16-17-26-35(33(38)27-32(34)37)28-18-22-30(23-19-28)39-31-24-20-29(36)21-25-31/h18-25,36H,2-17,26-27H2,1H3,(H2,34,37). The van der Waals surface area contributed by atoms with Crippen LogP contribution in [0.2, 0.25) is 0 Å². The van der Waals surface area contributed by atoms with Crippen molar-refractivity contribution < 1.29 is 14.7 Å². The van der Waals surface area contributed by atoms with E-state index in [4.69, 9.17) is 5.73 Å². The lowest BCUT2D eigenvalue weighted by Crippen LogP contribution is -2.34. The summed E-state index contributed by atoms with van der Waals surface area (Å²) >= 11 is 1.59. The largest absolute Gasteiger partial charge is 0.508 e. The van der Waals surface area contributed by atoms with E-state index in [0.717, 1.165) is 28.3 Å². The zero-order valence-electron chi connectivity index (χ0n) is 24.0. The fourth-order valence-corrected chi connectivity index (χ4v) is 5.62. The van der Waals surface area contributed by atoms with Crippen LogP contribution in [0.25, 0.3) is 0 Å². The average molecular weight is 555 g/mol. The zero-order valence-corrected chi connectivity index (χ0v) is 24.9. The van der Waals surface area contributed by atoms with Crippen LogP contribution in [-0.4, -0.2) is 23.5 Å². The van der Waals surface area contributed by atoms with Crippen molar-refractivity contribution in [2.24, 2.45) is 5.73 Å². The van der Waals surface area contributed by atoms with Crippen molar-refractivity contribution >= 4 is 29.3 Å². The molecule has 0 unspecified atom stereocenters. The maximum Gasteiger partial charge on any atom is 0.236 e. The van der Waals surface area contributed by atoms with E-state index in [0.29, 0.717) is 6.54 Å². The summed E-state index contributed by atoms with van der Waals surface area (Å²) in [5.74, 6) is -0.605. The maximum absolute atomic E-state index is 12.7. The van der Waals surface area contributed by atoms with Gasteiger partial charge in [-0.15, -0.1) is 0 Å². The Kier molecular flexibility index (Phi) is 17.2. The Morgan fingerprint density at radius 3 is 1.51 bits per heavy atom. The quantitative estimate of drug-likeness (QED) is 0.112. The van der Waals surface area contributed by atoms with E-state index < -0.39 is 5.91 Å². The van der Waals surface area contributed by atoms with Crippen LogP contribution in [0.5, 0.6) is 5.75 Å². The van der Waals surface area contributed by atoms with Gasteiger partial charge in [0.15, 0.2) is 0 Å². The van der Waals surface area contributed by atoms with E-state index in [1.807, 2.05) is 36.4 Å². The highest BCUT2D eigenvalue weighted by Crippen LogP contribution is 2.30. The Morgan fingerprint density at radius 1 is 0.667 bits per heavy atom. The van der Waals surface area contributed by atoms with Crippen LogP contribution in [0.3, 0.4) is 0 Å². The van der Waals surface area contributed by atoms with Crippen LogP contribution < -0.4 is 10.6 Å². The monoisotopic (exact) mass is 554 g/mol. The molecule has 39 heavy (non-hydrogen) atoms. The second-order valence-corrected chi connectivity index (χ2v) is 11.7. The van der Waals surface area contributed by atoms with Crippen molar-refractivity contribution in [3.63, 3.8) is 0 Å². The van der Waals surface area contributed by atoms with Crippen molar-refractivity contribution in [3.8, 4) is 5.75 Å². The minimum atomic E-state index is -0.600. The molecule has 0 aliphatic heterocycles. The number of primary amides is 1. The second-order valence-electron chi connectivity index (χ2n) is 10.6. The van der Waals surface area contributed by atoms with Gasteiger partial charge in [-0.05, 0) is 55.0 Å². The van der Waals surface area contributed by atoms with Crippen molar-refractivity contribution in [1.82, 2.24) is 0 Å². The smallest absolute Gasteiger partial charge is 0.236 e. The Morgan fingerprint density at radius 2 is 1.08 bits per heavy atom. The zero-order chi connectivity index (χ0) is 28.1. The Labute approximate surface area is 240 Å². The minimum absolute atomic E-state index is 0.243. The topological polar surface area (TPSA) is 83.6 Å². The number of unbranched alkanes of at least 4 members (excludes halogenated alkanes) is 15. The Bertz CT molecular complexity index is 931. The van der Waals surface area contributed by atoms with Crippen molar-refractivity contribution in [1.29, 1.82) is 0 Å². The number of hydrogen-bond donors (Lipinski definition) is 2. The molecule has 6 heteroatoms. The molecule has 0 saturated carbocycles. The third-order valence-electron chi connectivity index (χ3n) is 7.08. The molecular formula is C33H50N2O3S. The third-order valence-corrected chi connectivity index (χ3v) is 8.10. The van der Waals surface area contributed by atoms with Gasteiger partial charge in [0, 0.05) is 22.0 Å². The first-order valence-corrected chi connectivity index (χ1v) is 16.0. The highest BCUT2D eigenvalue weighted by Gasteiger charge is 2.17. The Balaban J connectivity index is 1.64.